The van der Waals surface area contributed by atoms with E-state index in [0.29, 0.717) is 41.6 Å². The Bertz CT molecular complexity index is 1160. The molecule has 0 spiro atoms. The van der Waals surface area contributed by atoms with Crippen LogP contribution in [0.4, 0.5) is 11.4 Å². The number of carboxylic acid groups (broad SMARTS) is 1. The molecule has 2 aromatic rings. The molecule has 0 unspecified atom stereocenters. The zero-order valence-corrected chi connectivity index (χ0v) is 24.8. The Balaban J connectivity index is 0.000000226. The highest BCUT2D eigenvalue weighted by Crippen LogP contribution is 2.32. The van der Waals surface area contributed by atoms with Gasteiger partial charge in [-0.15, -0.1) is 0 Å². The molecule has 0 heterocycles. The first kappa shape index (κ1) is 32.4. The Morgan fingerprint density at radius 1 is 0.683 bits per heavy atom. The van der Waals surface area contributed by atoms with Crippen LogP contribution in [-0.2, 0) is 23.9 Å². The normalized spacial score (nSPS) is 21.9. The monoisotopic (exact) mass is 604 g/mol. The number of esters is 1. The van der Waals surface area contributed by atoms with Crippen LogP contribution in [0.2, 0.25) is 10.0 Å². The van der Waals surface area contributed by atoms with Crippen molar-refractivity contribution < 1.29 is 29.0 Å². The van der Waals surface area contributed by atoms with E-state index in [-0.39, 0.29) is 35.5 Å². The summed E-state index contributed by atoms with van der Waals surface area (Å²) in [6.45, 7) is 0. The molecule has 222 valence electrons. The summed E-state index contributed by atoms with van der Waals surface area (Å²) < 4.78 is 4.77. The lowest BCUT2D eigenvalue weighted by Gasteiger charge is -2.26. The number of hydrogen-bond acceptors (Lipinski definition) is 5. The number of halogens is 2. The van der Waals surface area contributed by atoms with E-state index >= 15 is 0 Å². The third kappa shape index (κ3) is 11.4. The van der Waals surface area contributed by atoms with Gasteiger partial charge in [-0.3, -0.25) is 19.2 Å². The van der Waals surface area contributed by atoms with Crippen LogP contribution in [0.15, 0.2) is 48.5 Å². The lowest BCUT2D eigenvalue weighted by Crippen LogP contribution is -2.25. The molecule has 0 bridgehead atoms. The van der Waals surface area contributed by atoms with Crippen LogP contribution in [-0.4, -0.2) is 36.0 Å². The number of rotatable bonds is 8. The summed E-state index contributed by atoms with van der Waals surface area (Å²) >= 11 is 11.6. The van der Waals surface area contributed by atoms with Gasteiger partial charge < -0.3 is 20.5 Å². The smallest absolute Gasteiger partial charge is 0.308 e. The molecule has 8 nitrogen and oxygen atoms in total. The Kier molecular flexibility index (Phi) is 12.9. The zero-order chi connectivity index (χ0) is 29.8. The molecule has 4 rings (SSSR count). The third-order valence-corrected chi connectivity index (χ3v) is 8.29. The van der Waals surface area contributed by atoms with Crippen molar-refractivity contribution in [3.63, 3.8) is 0 Å². The quantitative estimate of drug-likeness (QED) is 0.274. The number of hydrogen-bond donors (Lipinski definition) is 3. The van der Waals surface area contributed by atoms with Crippen LogP contribution in [0.3, 0.4) is 0 Å². The molecule has 2 aliphatic rings. The fraction of sp³-hybridized carbons (Fsp3) is 0.484. The molecular weight excluding hydrogens is 567 g/mol. The summed E-state index contributed by atoms with van der Waals surface area (Å²) in [5.74, 6) is -0.440. The van der Waals surface area contributed by atoms with E-state index in [0.717, 1.165) is 49.9 Å². The molecule has 2 fully saturated rings. The minimum atomic E-state index is -0.714. The van der Waals surface area contributed by atoms with Crippen LogP contribution < -0.4 is 10.6 Å². The maximum Gasteiger partial charge on any atom is 0.308 e. The number of carbonyl (C=O) groups is 4. The van der Waals surface area contributed by atoms with Gasteiger partial charge in [0.2, 0.25) is 11.8 Å². The van der Waals surface area contributed by atoms with Gasteiger partial charge in [0.25, 0.3) is 0 Å². The molecule has 41 heavy (non-hydrogen) atoms. The fourth-order valence-electron chi connectivity index (χ4n) is 5.40. The van der Waals surface area contributed by atoms with Gasteiger partial charge in [-0.1, -0.05) is 23.2 Å². The third-order valence-electron chi connectivity index (χ3n) is 7.78. The second-order valence-corrected chi connectivity index (χ2v) is 11.7. The fourth-order valence-corrected chi connectivity index (χ4v) is 5.65. The van der Waals surface area contributed by atoms with Crippen LogP contribution in [0, 0.1) is 23.7 Å². The maximum atomic E-state index is 12.0. The van der Waals surface area contributed by atoms with Gasteiger partial charge in [0, 0.05) is 34.3 Å². The Labute approximate surface area is 251 Å². The number of methoxy groups -OCH3 is 1. The lowest BCUT2D eigenvalue weighted by atomic mass is 9.80. The summed E-state index contributed by atoms with van der Waals surface area (Å²) in [7, 11) is 1.42. The predicted molar refractivity (Wildman–Crippen MR) is 160 cm³/mol. The maximum absolute atomic E-state index is 12.0. The van der Waals surface area contributed by atoms with E-state index in [2.05, 4.69) is 10.6 Å². The van der Waals surface area contributed by atoms with Crippen LogP contribution >= 0.6 is 23.2 Å². The summed E-state index contributed by atoms with van der Waals surface area (Å²) in [6, 6.07) is 14.1. The van der Waals surface area contributed by atoms with Crippen molar-refractivity contribution in [2.45, 2.75) is 64.2 Å². The van der Waals surface area contributed by atoms with Crippen LogP contribution in [0.5, 0.6) is 0 Å². The summed E-state index contributed by atoms with van der Waals surface area (Å²) in [6.07, 6.45) is 7.34. The average Bonchev–Trinajstić information content (AvgIpc) is 2.96. The lowest BCUT2D eigenvalue weighted by molar-refractivity contribution is -0.147. The Morgan fingerprint density at radius 3 is 1.39 bits per heavy atom. The number of benzene rings is 2. The number of nitrogens with one attached hydrogen (secondary N) is 2. The first-order valence-corrected chi connectivity index (χ1v) is 14.8. The topological polar surface area (TPSA) is 122 Å². The first-order valence-electron chi connectivity index (χ1n) is 14.0. The minimum absolute atomic E-state index is 0.00516. The van der Waals surface area contributed by atoms with Crippen molar-refractivity contribution >= 4 is 58.3 Å². The van der Waals surface area contributed by atoms with Crippen molar-refractivity contribution in [1.82, 2.24) is 0 Å². The number of ether oxygens (including phenoxy) is 1. The van der Waals surface area contributed by atoms with Gasteiger partial charge >= 0.3 is 11.9 Å². The number of carbonyl (C=O) groups excluding carboxylic acids is 3. The van der Waals surface area contributed by atoms with Gasteiger partial charge in [-0.2, -0.15) is 0 Å². The van der Waals surface area contributed by atoms with Gasteiger partial charge in [0.15, 0.2) is 0 Å². The van der Waals surface area contributed by atoms with Crippen molar-refractivity contribution in [3.8, 4) is 0 Å². The SMILES string of the molecule is COC(=O)C1CCC(CC(=O)Nc2ccc(Cl)cc2)CC1.O=C(CC1CCC(C(=O)O)CC1)Nc1ccc(Cl)cc1. The van der Waals surface area contributed by atoms with E-state index < -0.39 is 5.97 Å². The highest BCUT2D eigenvalue weighted by Gasteiger charge is 2.28. The van der Waals surface area contributed by atoms with Crippen LogP contribution in [0.1, 0.15) is 64.2 Å². The van der Waals surface area contributed by atoms with Gasteiger partial charge in [-0.25, -0.2) is 0 Å². The zero-order valence-electron chi connectivity index (χ0n) is 23.2. The molecule has 0 radical (unpaired) electrons. The first-order chi connectivity index (χ1) is 19.6. The van der Waals surface area contributed by atoms with Gasteiger partial charge in [0.05, 0.1) is 18.9 Å². The second kappa shape index (κ2) is 16.4. The highest BCUT2D eigenvalue weighted by molar-refractivity contribution is 6.31. The van der Waals surface area contributed by atoms with Crippen LogP contribution in [0.25, 0.3) is 0 Å². The second-order valence-electron chi connectivity index (χ2n) is 10.8. The van der Waals surface area contributed by atoms with Crippen molar-refractivity contribution in [3.05, 3.63) is 58.6 Å². The van der Waals surface area contributed by atoms with E-state index in [9.17, 15) is 19.2 Å². The highest BCUT2D eigenvalue weighted by atomic mass is 35.5. The number of carboxylic acids is 1. The molecule has 3 N–H and O–H groups in total. The van der Waals surface area contributed by atoms with E-state index in [4.69, 9.17) is 33.0 Å². The Hall–Kier alpha value is -3.10. The molecule has 2 saturated carbocycles. The van der Waals surface area contributed by atoms with Gasteiger partial charge in [0.1, 0.15) is 0 Å². The molecule has 0 aromatic heterocycles. The number of aliphatic carboxylic acids is 1. The van der Waals surface area contributed by atoms with Crippen molar-refractivity contribution in [1.29, 1.82) is 0 Å². The molecule has 0 atom stereocenters. The number of amides is 2. The standard InChI is InChI=1S/C16H20ClNO3.C15H18ClNO3/c1-21-16(20)12-4-2-11(3-5-12)10-15(19)18-14-8-6-13(17)7-9-14;16-12-5-7-13(8-6-12)17-14(18)9-10-1-3-11(4-2-10)15(19)20/h6-9,11-12H,2-5,10H2,1H3,(H,18,19);5-8,10-11H,1-4,9H2,(H,17,18)(H,19,20). The molecule has 2 aromatic carbocycles. The van der Waals surface area contributed by atoms with Crippen molar-refractivity contribution in [2.24, 2.45) is 23.7 Å². The molecule has 2 amide bonds. The van der Waals surface area contributed by atoms with Gasteiger partial charge in [-0.05, 0) is 112 Å². The van der Waals surface area contributed by atoms with E-state index in [1.807, 2.05) is 0 Å². The molecular formula is C31H38Cl2N2O6. The molecule has 0 saturated heterocycles. The number of anilines is 2. The Morgan fingerprint density at radius 2 is 1.05 bits per heavy atom. The predicted octanol–water partition coefficient (Wildman–Crippen LogP) is 7.21. The molecule has 2 aliphatic carbocycles. The van der Waals surface area contributed by atoms with Crippen molar-refractivity contribution in [2.75, 3.05) is 17.7 Å². The van der Waals surface area contributed by atoms with E-state index in [1.165, 1.54) is 7.11 Å². The molecule has 0 aliphatic heterocycles. The summed E-state index contributed by atoms with van der Waals surface area (Å²) in [5.41, 5.74) is 1.49. The minimum Gasteiger partial charge on any atom is -0.481 e. The molecule has 10 heteroatoms. The van der Waals surface area contributed by atoms with E-state index in [1.54, 1.807) is 48.5 Å². The average molecular weight is 606 g/mol. The summed E-state index contributed by atoms with van der Waals surface area (Å²) in [5, 5.41) is 15.9. The summed E-state index contributed by atoms with van der Waals surface area (Å²) in [4.78, 5) is 46.2. The largest absolute Gasteiger partial charge is 0.481 e.